The lowest BCUT2D eigenvalue weighted by atomic mass is 10.2. The maximum atomic E-state index is 11.9. The summed E-state index contributed by atoms with van der Waals surface area (Å²) in [6.45, 7) is 2.09. The van der Waals surface area contributed by atoms with Crippen LogP contribution < -0.4 is 5.32 Å². The molecule has 0 saturated heterocycles. The Balaban J connectivity index is 1.96. The van der Waals surface area contributed by atoms with Crippen molar-refractivity contribution in [3.63, 3.8) is 0 Å². The number of carbonyl (C=O) groups is 1. The number of benzene rings is 1. The normalized spacial score (nSPS) is 12.0. The number of sulfonamides is 1. The molecule has 0 unspecified atom stereocenters. The predicted molar refractivity (Wildman–Crippen MR) is 93.9 cm³/mol. The SMILES string of the molecule is Cc1cccc(NC(=O)/C=C/c2ccc(CN(C)S(C)(=O)=O)o2)c1. The highest BCUT2D eigenvalue weighted by Crippen LogP contribution is 2.13. The van der Waals surface area contributed by atoms with Crippen molar-refractivity contribution >= 4 is 27.7 Å². The van der Waals surface area contributed by atoms with E-state index in [0.717, 1.165) is 17.5 Å². The van der Waals surface area contributed by atoms with Crippen LogP contribution in [0.2, 0.25) is 0 Å². The lowest BCUT2D eigenvalue weighted by Gasteiger charge is -2.11. The fourth-order valence-corrected chi connectivity index (χ4v) is 2.33. The molecular formula is C17H20N2O4S. The zero-order valence-electron chi connectivity index (χ0n) is 13.8. The molecule has 7 heteroatoms. The molecule has 1 aromatic carbocycles. The summed E-state index contributed by atoms with van der Waals surface area (Å²) in [7, 11) is -1.79. The fraction of sp³-hybridized carbons (Fsp3) is 0.235. The van der Waals surface area contributed by atoms with E-state index in [1.165, 1.54) is 23.5 Å². The first-order chi connectivity index (χ1) is 11.2. The predicted octanol–water partition coefficient (Wildman–Crippen LogP) is 2.63. The molecule has 1 N–H and O–H groups in total. The lowest BCUT2D eigenvalue weighted by molar-refractivity contribution is -0.111. The van der Waals surface area contributed by atoms with E-state index in [-0.39, 0.29) is 12.5 Å². The minimum Gasteiger partial charge on any atom is -0.460 e. The molecule has 6 nitrogen and oxygen atoms in total. The van der Waals surface area contributed by atoms with Crippen molar-refractivity contribution in [3.8, 4) is 0 Å². The molecule has 128 valence electrons. The van der Waals surface area contributed by atoms with Crippen LogP contribution in [0, 0.1) is 6.92 Å². The first kappa shape index (κ1) is 18.0. The zero-order chi connectivity index (χ0) is 17.7. The summed E-state index contributed by atoms with van der Waals surface area (Å²) in [6, 6.07) is 10.9. The number of carbonyl (C=O) groups excluding carboxylic acids is 1. The molecule has 0 aliphatic carbocycles. The van der Waals surface area contributed by atoms with Crippen molar-refractivity contribution in [2.24, 2.45) is 0 Å². The number of furan rings is 1. The van der Waals surface area contributed by atoms with Crippen LogP contribution in [0.4, 0.5) is 5.69 Å². The van der Waals surface area contributed by atoms with E-state index in [1.54, 1.807) is 12.1 Å². The van der Waals surface area contributed by atoms with E-state index in [1.807, 2.05) is 31.2 Å². The second-order valence-electron chi connectivity index (χ2n) is 5.52. The van der Waals surface area contributed by atoms with E-state index >= 15 is 0 Å². The number of hydrogen-bond acceptors (Lipinski definition) is 4. The van der Waals surface area contributed by atoms with Gasteiger partial charge in [0.1, 0.15) is 11.5 Å². The van der Waals surface area contributed by atoms with E-state index in [0.29, 0.717) is 11.5 Å². The monoisotopic (exact) mass is 348 g/mol. The van der Waals surface area contributed by atoms with Crippen LogP contribution in [0.1, 0.15) is 17.1 Å². The van der Waals surface area contributed by atoms with Gasteiger partial charge >= 0.3 is 0 Å². The van der Waals surface area contributed by atoms with E-state index < -0.39 is 10.0 Å². The molecule has 1 heterocycles. The standard InChI is InChI=1S/C17H20N2O4S/c1-13-5-4-6-14(11-13)18-17(20)10-9-15-7-8-16(23-15)12-19(2)24(3,21)22/h4-11H,12H2,1-3H3,(H,18,20)/b10-9+. The summed E-state index contributed by atoms with van der Waals surface area (Å²) in [5.74, 6) is 0.708. The number of anilines is 1. The van der Waals surface area contributed by atoms with E-state index in [9.17, 15) is 13.2 Å². The fourth-order valence-electron chi connectivity index (χ4n) is 1.97. The van der Waals surface area contributed by atoms with E-state index in [2.05, 4.69) is 5.32 Å². The van der Waals surface area contributed by atoms with Gasteiger partial charge in [0, 0.05) is 18.8 Å². The number of rotatable bonds is 6. The van der Waals surface area contributed by atoms with Crippen molar-refractivity contribution in [3.05, 3.63) is 59.6 Å². The largest absolute Gasteiger partial charge is 0.460 e. The first-order valence-electron chi connectivity index (χ1n) is 7.30. The molecule has 0 radical (unpaired) electrons. The molecule has 1 aromatic heterocycles. The number of hydrogen-bond donors (Lipinski definition) is 1. The highest BCUT2D eigenvalue weighted by molar-refractivity contribution is 7.88. The van der Waals surface area contributed by atoms with Gasteiger partial charge in [-0.05, 0) is 42.8 Å². The van der Waals surface area contributed by atoms with Gasteiger partial charge in [-0.15, -0.1) is 0 Å². The van der Waals surface area contributed by atoms with Crippen molar-refractivity contribution in [2.45, 2.75) is 13.5 Å². The number of nitrogens with one attached hydrogen (secondary N) is 1. The maximum Gasteiger partial charge on any atom is 0.248 e. The Morgan fingerprint density at radius 3 is 2.71 bits per heavy atom. The Morgan fingerprint density at radius 1 is 1.29 bits per heavy atom. The summed E-state index contributed by atoms with van der Waals surface area (Å²) in [6.07, 6.45) is 4.03. The molecule has 1 amide bonds. The maximum absolute atomic E-state index is 11.9. The zero-order valence-corrected chi connectivity index (χ0v) is 14.6. The minimum atomic E-state index is -3.26. The van der Waals surface area contributed by atoms with Gasteiger partial charge in [-0.1, -0.05) is 12.1 Å². The van der Waals surface area contributed by atoms with Gasteiger partial charge in [-0.2, -0.15) is 4.31 Å². The van der Waals surface area contributed by atoms with Crippen LogP contribution in [0.15, 0.2) is 46.9 Å². The highest BCUT2D eigenvalue weighted by atomic mass is 32.2. The number of amides is 1. The van der Waals surface area contributed by atoms with Crippen LogP contribution in [0.25, 0.3) is 6.08 Å². The number of aryl methyl sites for hydroxylation is 1. The Morgan fingerprint density at radius 2 is 2.04 bits per heavy atom. The summed E-state index contributed by atoms with van der Waals surface area (Å²) < 4.78 is 29.4. The van der Waals surface area contributed by atoms with Gasteiger partial charge in [0.05, 0.1) is 12.8 Å². The van der Waals surface area contributed by atoms with Crippen molar-refractivity contribution in [1.29, 1.82) is 0 Å². The summed E-state index contributed by atoms with van der Waals surface area (Å²) >= 11 is 0. The van der Waals surface area contributed by atoms with Crippen LogP contribution >= 0.6 is 0 Å². The molecule has 0 aliphatic heterocycles. The van der Waals surface area contributed by atoms with E-state index in [4.69, 9.17) is 4.42 Å². The molecule has 0 bridgehead atoms. The smallest absolute Gasteiger partial charge is 0.248 e. The average Bonchev–Trinajstić information content (AvgIpc) is 2.92. The molecule has 24 heavy (non-hydrogen) atoms. The van der Waals surface area contributed by atoms with Gasteiger partial charge in [0.15, 0.2) is 0 Å². The first-order valence-corrected chi connectivity index (χ1v) is 9.14. The van der Waals surface area contributed by atoms with Crippen molar-refractivity contribution in [1.82, 2.24) is 4.31 Å². The summed E-state index contributed by atoms with van der Waals surface area (Å²) in [5, 5.41) is 2.76. The molecule has 0 fully saturated rings. The quantitative estimate of drug-likeness (QED) is 0.814. The molecule has 0 spiro atoms. The molecule has 0 aliphatic rings. The average molecular weight is 348 g/mol. The second-order valence-corrected chi connectivity index (χ2v) is 7.60. The van der Waals surface area contributed by atoms with Crippen LogP contribution in [-0.4, -0.2) is 31.9 Å². The highest BCUT2D eigenvalue weighted by Gasteiger charge is 2.13. The van der Waals surface area contributed by atoms with Crippen LogP contribution in [0.3, 0.4) is 0 Å². The van der Waals surface area contributed by atoms with Crippen molar-refractivity contribution < 1.29 is 17.6 Å². The van der Waals surface area contributed by atoms with Gasteiger partial charge in [0.25, 0.3) is 0 Å². The molecule has 2 aromatic rings. The Labute approximate surface area is 141 Å². The minimum absolute atomic E-state index is 0.141. The van der Waals surface area contributed by atoms with Crippen LogP contribution in [-0.2, 0) is 21.4 Å². The van der Waals surface area contributed by atoms with Gasteiger partial charge in [0.2, 0.25) is 15.9 Å². The third kappa shape index (κ3) is 5.36. The summed E-state index contributed by atoms with van der Waals surface area (Å²) in [4.78, 5) is 11.9. The Bertz CT molecular complexity index is 853. The van der Waals surface area contributed by atoms with Gasteiger partial charge in [-0.3, -0.25) is 4.79 Å². The van der Waals surface area contributed by atoms with Crippen LogP contribution in [0.5, 0.6) is 0 Å². The second kappa shape index (κ2) is 7.46. The Hall–Kier alpha value is -2.38. The molecule has 0 saturated carbocycles. The molecular weight excluding hydrogens is 328 g/mol. The lowest BCUT2D eigenvalue weighted by Crippen LogP contribution is -2.24. The van der Waals surface area contributed by atoms with Gasteiger partial charge in [-0.25, -0.2) is 8.42 Å². The third-order valence-electron chi connectivity index (χ3n) is 3.31. The van der Waals surface area contributed by atoms with Gasteiger partial charge < -0.3 is 9.73 Å². The third-order valence-corrected chi connectivity index (χ3v) is 4.57. The molecule has 2 rings (SSSR count). The summed E-state index contributed by atoms with van der Waals surface area (Å²) in [5.41, 5.74) is 1.78. The Kier molecular flexibility index (Phi) is 5.58. The van der Waals surface area contributed by atoms with Crippen molar-refractivity contribution in [2.75, 3.05) is 18.6 Å². The topological polar surface area (TPSA) is 79.6 Å². The molecule has 0 atom stereocenters. The number of nitrogens with zero attached hydrogens (tertiary/aromatic N) is 1.